The topological polar surface area (TPSA) is 61.4 Å². The van der Waals surface area contributed by atoms with Gasteiger partial charge in [0.2, 0.25) is 0 Å². The molecule has 0 unspecified atom stereocenters. The number of hydrogen-bond acceptors (Lipinski definition) is 3. The van der Waals surface area contributed by atoms with Crippen LogP contribution in [0.1, 0.15) is 20.3 Å². The molecule has 1 rings (SSSR count). The van der Waals surface area contributed by atoms with Crippen LogP contribution in [0, 0.1) is 0 Å². The van der Waals surface area contributed by atoms with Crippen molar-refractivity contribution in [3.05, 3.63) is 27.7 Å². The fraction of sp³-hybridized carbons (Fsp3) is 0.538. The maximum Gasteiger partial charge on any atom is 0.301 e. The standard InChI is InChI=1S/C13H21BrClN3O2S/c1-10(2)16-7-4-8-18(3)21(19,20)17-11-5-6-12(14)13(15)9-11/h5-6,9-10,16-17H,4,7-8H2,1-3H3. The predicted octanol–water partition coefficient (Wildman–Crippen LogP) is 3.08. The van der Waals surface area contributed by atoms with Crippen LogP contribution in [0.4, 0.5) is 5.69 Å². The number of nitrogens with zero attached hydrogens (tertiary/aromatic N) is 1. The van der Waals surface area contributed by atoms with Crippen molar-refractivity contribution in [1.82, 2.24) is 9.62 Å². The fourth-order valence-corrected chi connectivity index (χ4v) is 2.98. The number of anilines is 1. The molecule has 1 aromatic carbocycles. The van der Waals surface area contributed by atoms with Gasteiger partial charge < -0.3 is 5.32 Å². The summed E-state index contributed by atoms with van der Waals surface area (Å²) in [7, 11) is -2.01. The van der Waals surface area contributed by atoms with Crippen molar-refractivity contribution >= 4 is 43.4 Å². The van der Waals surface area contributed by atoms with E-state index in [0.717, 1.165) is 17.4 Å². The molecule has 0 amide bonds. The van der Waals surface area contributed by atoms with Crippen LogP contribution in [0.3, 0.4) is 0 Å². The van der Waals surface area contributed by atoms with E-state index in [1.807, 2.05) is 0 Å². The summed E-state index contributed by atoms with van der Waals surface area (Å²) in [6.45, 7) is 5.33. The minimum absolute atomic E-state index is 0.398. The molecule has 0 aromatic heterocycles. The second-order valence-corrected chi connectivity index (χ2v) is 8.06. The zero-order valence-electron chi connectivity index (χ0n) is 12.4. The molecule has 5 nitrogen and oxygen atoms in total. The first-order valence-corrected chi connectivity index (χ1v) is 9.26. The van der Waals surface area contributed by atoms with Crippen molar-refractivity contribution in [3.63, 3.8) is 0 Å². The molecule has 21 heavy (non-hydrogen) atoms. The lowest BCUT2D eigenvalue weighted by Crippen LogP contribution is -2.35. The Morgan fingerprint density at radius 2 is 2.05 bits per heavy atom. The summed E-state index contributed by atoms with van der Waals surface area (Å²) in [5.74, 6) is 0. The first-order chi connectivity index (χ1) is 9.72. The van der Waals surface area contributed by atoms with E-state index in [2.05, 4.69) is 39.8 Å². The first kappa shape index (κ1) is 18.7. The van der Waals surface area contributed by atoms with Crippen molar-refractivity contribution in [2.75, 3.05) is 24.9 Å². The smallest absolute Gasteiger partial charge is 0.301 e. The highest BCUT2D eigenvalue weighted by atomic mass is 79.9. The quantitative estimate of drug-likeness (QED) is 0.662. The van der Waals surface area contributed by atoms with E-state index in [-0.39, 0.29) is 0 Å². The average molecular weight is 399 g/mol. The van der Waals surface area contributed by atoms with Crippen molar-refractivity contribution in [1.29, 1.82) is 0 Å². The molecule has 0 spiro atoms. The van der Waals surface area contributed by atoms with Gasteiger partial charge in [-0.25, -0.2) is 0 Å². The van der Waals surface area contributed by atoms with Gasteiger partial charge in [-0.05, 0) is 47.1 Å². The van der Waals surface area contributed by atoms with Gasteiger partial charge in [0.15, 0.2) is 0 Å². The Morgan fingerprint density at radius 3 is 2.62 bits per heavy atom. The lowest BCUT2D eigenvalue weighted by Gasteiger charge is -2.19. The summed E-state index contributed by atoms with van der Waals surface area (Å²) in [5, 5.41) is 3.71. The summed E-state index contributed by atoms with van der Waals surface area (Å²) in [5.41, 5.74) is 0.440. The molecule has 8 heteroatoms. The molecule has 0 atom stereocenters. The molecule has 0 aliphatic carbocycles. The Bertz CT molecular complexity index is 567. The summed E-state index contributed by atoms with van der Waals surface area (Å²) in [4.78, 5) is 0. The maximum absolute atomic E-state index is 12.2. The molecule has 0 aliphatic rings. The highest BCUT2D eigenvalue weighted by Gasteiger charge is 2.17. The molecule has 2 N–H and O–H groups in total. The summed E-state index contributed by atoms with van der Waals surface area (Å²) < 4.78 is 28.9. The second kappa shape index (κ2) is 8.33. The maximum atomic E-state index is 12.2. The van der Waals surface area contributed by atoms with Crippen molar-refractivity contribution in [2.45, 2.75) is 26.3 Å². The van der Waals surface area contributed by atoms with E-state index in [9.17, 15) is 8.42 Å². The van der Waals surface area contributed by atoms with Crippen LogP contribution in [0.15, 0.2) is 22.7 Å². The second-order valence-electron chi connectivity index (χ2n) is 5.02. The summed E-state index contributed by atoms with van der Waals surface area (Å²) in [6.07, 6.45) is 0.747. The normalized spacial score (nSPS) is 12.1. The Morgan fingerprint density at radius 1 is 1.38 bits per heavy atom. The Hall–Kier alpha value is -0.340. The van der Waals surface area contributed by atoms with E-state index < -0.39 is 10.2 Å². The largest absolute Gasteiger partial charge is 0.314 e. The molecule has 0 heterocycles. The zero-order chi connectivity index (χ0) is 16.0. The van der Waals surface area contributed by atoms with Gasteiger partial charge in [-0.1, -0.05) is 25.4 Å². The zero-order valence-corrected chi connectivity index (χ0v) is 15.5. The van der Waals surface area contributed by atoms with Gasteiger partial charge in [-0.2, -0.15) is 12.7 Å². The van der Waals surface area contributed by atoms with Crippen molar-refractivity contribution in [2.24, 2.45) is 0 Å². The molecule has 0 radical (unpaired) electrons. The molecular formula is C13H21BrClN3O2S. The van der Waals surface area contributed by atoms with Gasteiger partial charge in [-0.15, -0.1) is 0 Å². The van der Waals surface area contributed by atoms with E-state index in [0.29, 0.717) is 23.3 Å². The van der Waals surface area contributed by atoms with Gasteiger partial charge in [0, 0.05) is 24.1 Å². The number of hydrogen-bond donors (Lipinski definition) is 2. The number of nitrogens with one attached hydrogen (secondary N) is 2. The Kier molecular flexibility index (Phi) is 7.42. The highest BCUT2D eigenvalue weighted by molar-refractivity contribution is 9.10. The molecular weight excluding hydrogens is 378 g/mol. The average Bonchev–Trinajstić information content (AvgIpc) is 2.38. The molecule has 0 saturated carbocycles. The van der Waals surface area contributed by atoms with Gasteiger partial charge in [0.1, 0.15) is 0 Å². The van der Waals surface area contributed by atoms with Gasteiger partial charge in [-0.3, -0.25) is 4.72 Å². The monoisotopic (exact) mass is 397 g/mol. The van der Waals surface area contributed by atoms with E-state index in [4.69, 9.17) is 11.6 Å². The molecule has 0 fully saturated rings. The Balaban J connectivity index is 2.57. The van der Waals surface area contributed by atoms with Crippen molar-refractivity contribution < 1.29 is 8.42 Å². The number of benzene rings is 1. The number of rotatable bonds is 8. The van der Waals surface area contributed by atoms with Crippen LogP contribution in [-0.2, 0) is 10.2 Å². The van der Waals surface area contributed by atoms with Crippen LogP contribution in [-0.4, -0.2) is 38.9 Å². The molecule has 120 valence electrons. The number of halogens is 2. The predicted molar refractivity (Wildman–Crippen MR) is 92.1 cm³/mol. The summed E-state index contributed by atoms with van der Waals surface area (Å²) in [6, 6.07) is 5.32. The molecule has 1 aromatic rings. The minimum Gasteiger partial charge on any atom is -0.314 e. The third-order valence-corrected chi connectivity index (χ3v) is 5.51. The van der Waals surface area contributed by atoms with Crippen LogP contribution >= 0.6 is 27.5 Å². The Labute approximate surface area is 140 Å². The van der Waals surface area contributed by atoms with Crippen LogP contribution in [0.25, 0.3) is 0 Å². The third kappa shape index (κ3) is 6.52. The molecule has 0 bridgehead atoms. The van der Waals surface area contributed by atoms with E-state index in [1.54, 1.807) is 25.2 Å². The summed E-state index contributed by atoms with van der Waals surface area (Å²) >= 11 is 9.22. The van der Waals surface area contributed by atoms with E-state index >= 15 is 0 Å². The molecule has 0 saturated heterocycles. The van der Waals surface area contributed by atoms with Crippen LogP contribution < -0.4 is 10.0 Å². The fourth-order valence-electron chi connectivity index (χ4n) is 1.60. The lowest BCUT2D eigenvalue weighted by atomic mass is 10.3. The SMILES string of the molecule is CC(C)NCCCN(C)S(=O)(=O)Nc1ccc(Br)c(Cl)c1. The lowest BCUT2D eigenvalue weighted by molar-refractivity contribution is 0.451. The van der Waals surface area contributed by atoms with Gasteiger partial charge in [0.25, 0.3) is 0 Å². The highest BCUT2D eigenvalue weighted by Crippen LogP contribution is 2.26. The third-order valence-electron chi connectivity index (χ3n) is 2.78. The van der Waals surface area contributed by atoms with Crippen molar-refractivity contribution in [3.8, 4) is 0 Å². The van der Waals surface area contributed by atoms with Gasteiger partial charge >= 0.3 is 10.2 Å². The van der Waals surface area contributed by atoms with Gasteiger partial charge in [0.05, 0.1) is 10.7 Å². The molecule has 0 aliphatic heterocycles. The van der Waals surface area contributed by atoms with E-state index in [1.165, 1.54) is 4.31 Å². The first-order valence-electron chi connectivity index (χ1n) is 6.65. The van der Waals surface area contributed by atoms with Crippen LogP contribution in [0.2, 0.25) is 5.02 Å². The minimum atomic E-state index is -3.56. The van der Waals surface area contributed by atoms with Crippen LogP contribution in [0.5, 0.6) is 0 Å².